The van der Waals surface area contributed by atoms with Crippen molar-refractivity contribution in [2.75, 3.05) is 38.2 Å². The molecule has 10 heteroatoms. The standard InChI is InChI=1S/C23H25ClF2N4O3/c1-23(2,3)33-22(31)29-10-8-28(9-11-29)17-12-27-21-20(26)18(14(24)13-30(17)21)19-15(25)6-5-7-16(19)32-4/h5-7,12-13H,8-11H2,1-4H3. The minimum atomic E-state index is -0.746. The molecule has 1 aliphatic rings. The molecular formula is C23H25ClF2N4O3. The molecule has 0 radical (unpaired) electrons. The fourth-order valence-electron chi connectivity index (χ4n) is 3.86. The lowest BCUT2D eigenvalue weighted by Crippen LogP contribution is -2.50. The molecule has 33 heavy (non-hydrogen) atoms. The molecule has 0 atom stereocenters. The molecule has 0 saturated carbocycles. The van der Waals surface area contributed by atoms with Gasteiger partial charge in [-0.15, -0.1) is 0 Å². The zero-order valence-corrected chi connectivity index (χ0v) is 19.6. The van der Waals surface area contributed by atoms with E-state index in [0.717, 1.165) is 0 Å². The maximum absolute atomic E-state index is 15.5. The number of carbonyl (C=O) groups is 1. The molecule has 7 nitrogen and oxygen atoms in total. The Hall–Kier alpha value is -3.07. The molecular weight excluding hydrogens is 454 g/mol. The lowest BCUT2D eigenvalue weighted by molar-refractivity contribution is 0.0240. The maximum atomic E-state index is 15.5. The van der Waals surface area contributed by atoms with Gasteiger partial charge in [0, 0.05) is 37.9 Å². The average Bonchev–Trinajstić information content (AvgIpc) is 3.17. The SMILES string of the molecule is COc1cccc(F)c1-c1c(Cl)cn2c(N3CCN(C(=O)OC(C)(C)C)CC3)cnc2c1F. The number of halogens is 3. The summed E-state index contributed by atoms with van der Waals surface area (Å²) in [6.07, 6.45) is 2.70. The van der Waals surface area contributed by atoms with E-state index in [0.29, 0.717) is 32.0 Å². The summed E-state index contributed by atoms with van der Waals surface area (Å²) in [5.74, 6) is -0.596. The van der Waals surface area contributed by atoms with Crippen LogP contribution in [0.1, 0.15) is 20.8 Å². The normalized spacial score (nSPS) is 14.6. The van der Waals surface area contributed by atoms with Crippen LogP contribution in [0.2, 0.25) is 5.02 Å². The van der Waals surface area contributed by atoms with Crippen LogP contribution in [0.25, 0.3) is 16.8 Å². The van der Waals surface area contributed by atoms with Crippen molar-refractivity contribution in [1.82, 2.24) is 14.3 Å². The maximum Gasteiger partial charge on any atom is 0.410 e. The van der Waals surface area contributed by atoms with E-state index in [2.05, 4.69) is 4.98 Å². The number of carbonyl (C=O) groups excluding carboxylic acids is 1. The molecule has 1 aromatic carbocycles. The van der Waals surface area contributed by atoms with E-state index in [-0.39, 0.29) is 33.6 Å². The molecule has 0 spiro atoms. The van der Waals surface area contributed by atoms with Gasteiger partial charge >= 0.3 is 6.09 Å². The molecule has 1 amide bonds. The van der Waals surface area contributed by atoms with Crippen molar-refractivity contribution < 1.29 is 23.0 Å². The van der Waals surface area contributed by atoms with E-state index in [1.54, 1.807) is 17.2 Å². The van der Waals surface area contributed by atoms with Gasteiger partial charge in [0.15, 0.2) is 11.5 Å². The third-order valence-corrected chi connectivity index (χ3v) is 5.66. The predicted molar refractivity (Wildman–Crippen MR) is 122 cm³/mol. The van der Waals surface area contributed by atoms with Crippen molar-refractivity contribution in [2.45, 2.75) is 26.4 Å². The van der Waals surface area contributed by atoms with Gasteiger partial charge in [-0.05, 0) is 32.9 Å². The molecule has 0 bridgehead atoms. The van der Waals surface area contributed by atoms with Gasteiger partial charge in [0.1, 0.15) is 23.0 Å². The van der Waals surface area contributed by atoms with Gasteiger partial charge in [-0.25, -0.2) is 18.6 Å². The van der Waals surface area contributed by atoms with Crippen molar-refractivity contribution in [1.29, 1.82) is 0 Å². The number of nitrogens with zero attached hydrogens (tertiary/aromatic N) is 4. The number of aromatic nitrogens is 2. The average molecular weight is 479 g/mol. The number of pyridine rings is 1. The quantitative estimate of drug-likeness (QED) is 0.530. The summed E-state index contributed by atoms with van der Waals surface area (Å²) >= 11 is 6.44. The van der Waals surface area contributed by atoms with Crippen LogP contribution in [-0.4, -0.2) is 59.3 Å². The van der Waals surface area contributed by atoms with Crippen LogP contribution in [0.3, 0.4) is 0 Å². The summed E-state index contributed by atoms with van der Waals surface area (Å²) in [6.45, 7) is 7.38. The summed E-state index contributed by atoms with van der Waals surface area (Å²) in [4.78, 5) is 20.2. The Labute approximate surface area is 195 Å². The molecule has 2 aromatic heterocycles. The second-order valence-corrected chi connectivity index (χ2v) is 9.15. The Morgan fingerprint density at radius 2 is 1.82 bits per heavy atom. The molecule has 3 aromatic rings. The fourth-order valence-corrected chi connectivity index (χ4v) is 4.14. The van der Waals surface area contributed by atoms with E-state index < -0.39 is 17.2 Å². The molecule has 1 aliphatic heterocycles. The summed E-state index contributed by atoms with van der Waals surface area (Å²) in [7, 11) is 1.38. The number of rotatable bonds is 3. The summed E-state index contributed by atoms with van der Waals surface area (Å²) < 4.78 is 42.3. The minimum absolute atomic E-state index is 0.0179. The van der Waals surface area contributed by atoms with Crippen LogP contribution in [0.5, 0.6) is 5.75 Å². The van der Waals surface area contributed by atoms with Gasteiger partial charge in [-0.2, -0.15) is 0 Å². The highest BCUT2D eigenvalue weighted by atomic mass is 35.5. The molecule has 3 heterocycles. The summed E-state index contributed by atoms with van der Waals surface area (Å²) in [6, 6.07) is 4.24. The Morgan fingerprint density at radius 3 is 2.45 bits per heavy atom. The van der Waals surface area contributed by atoms with E-state index in [1.165, 1.54) is 29.8 Å². The molecule has 0 aliphatic carbocycles. The number of anilines is 1. The number of hydrogen-bond donors (Lipinski definition) is 0. The number of fused-ring (bicyclic) bond motifs is 1. The smallest absolute Gasteiger partial charge is 0.410 e. The molecule has 1 fully saturated rings. The number of ether oxygens (including phenoxy) is 2. The number of piperazine rings is 1. The van der Waals surface area contributed by atoms with Crippen molar-refractivity contribution >= 4 is 29.2 Å². The van der Waals surface area contributed by atoms with Crippen molar-refractivity contribution in [3.05, 3.63) is 47.2 Å². The zero-order chi connectivity index (χ0) is 23.9. The number of amides is 1. The van der Waals surface area contributed by atoms with Gasteiger partial charge in [-0.3, -0.25) is 4.40 Å². The van der Waals surface area contributed by atoms with E-state index in [1.807, 2.05) is 25.7 Å². The Morgan fingerprint density at radius 1 is 1.12 bits per heavy atom. The highest BCUT2D eigenvalue weighted by Crippen LogP contribution is 2.40. The first-order valence-corrected chi connectivity index (χ1v) is 10.9. The van der Waals surface area contributed by atoms with E-state index in [9.17, 15) is 9.18 Å². The van der Waals surface area contributed by atoms with Crippen molar-refractivity contribution in [3.63, 3.8) is 0 Å². The van der Waals surface area contributed by atoms with Crippen LogP contribution in [0.15, 0.2) is 30.6 Å². The van der Waals surface area contributed by atoms with Crippen LogP contribution in [-0.2, 0) is 4.74 Å². The number of benzene rings is 1. The number of imidazole rings is 1. The fraction of sp³-hybridized carbons (Fsp3) is 0.391. The zero-order valence-electron chi connectivity index (χ0n) is 18.9. The van der Waals surface area contributed by atoms with Crippen LogP contribution >= 0.6 is 11.6 Å². The van der Waals surface area contributed by atoms with Crippen LogP contribution in [0.4, 0.5) is 19.4 Å². The Balaban J connectivity index is 1.64. The predicted octanol–water partition coefficient (Wildman–Crippen LogP) is 5.00. The highest BCUT2D eigenvalue weighted by molar-refractivity contribution is 6.33. The summed E-state index contributed by atoms with van der Waals surface area (Å²) in [5, 5.41) is 0.0232. The molecule has 4 rings (SSSR count). The molecule has 176 valence electrons. The van der Waals surface area contributed by atoms with Crippen molar-refractivity contribution in [3.8, 4) is 16.9 Å². The van der Waals surface area contributed by atoms with E-state index >= 15 is 4.39 Å². The highest BCUT2D eigenvalue weighted by Gasteiger charge is 2.28. The number of methoxy groups -OCH3 is 1. The van der Waals surface area contributed by atoms with Crippen LogP contribution in [0, 0.1) is 11.6 Å². The van der Waals surface area contributed by atoms with E-state index in [4.69, 9.17) is 21.1 Å². The molecule has 0 unspecified atom stereocenters. The second-order valence-electron chi connectivity index (χ2n) is 8.75. The minimum Gasteiger partial charge on any atom is -0.496 e. The molecule has 0 N–H and O–H groups in total. The first-order chi connectivity index (χ1) is 15.6. The Kier molecular flexibility index (Phi) is 6.09. The first-order valence-electron chi connectivity index (χ1n) is 10.5. The lowest BCUT2D eigenvalue weighted by Gasteiger charge is -2.36. The third kappa shape index (κ3) is 4.42. The Bertz CT molecular complexity index is 1200. The number of hydrogen-bond acceptors (Lipinski definition) is 5. The van der Waals surface area contributed by atoms with Gasteiger partial charge in [0.05, 0.1) is 23.9 Å². The van der Waals surface area contributed by atoms with Gasteiger partial charge in [-0.1, -0.05) is 17.7 Å². The first kappa shape index (κ1) is 23.1. The second kappa shape index (κ2) is 8.70. The third-order valence-electron chi connectivity index (χ3n) is 5.38. The largest absolute Gasteiger partial charge is 0.496 e. The van der Waals surface area contributed by atoms with Gasteiger partial charge in [0.2, 0.25) is 0 Å². The lowest BCUT2D eigenvalue weighted by atomic mass is 10.0. The summed E-state index contributed by atoms with van der Waals surface area (Å²) in [5.41, 5.74) is -0.709. The van der Waals surface area contributed by atoms with Crippen LogP contribution < -0.4 is 9.64 Å². The van der Waals surface area contributed by atoms with Gasteiger partial charge in [0.25, 0.3) is 0 Å². The monoisotopic (exact) mass is 478 g/mol. The van der Waals surface area contributed by atoms with Gasteiger partial charge < -0.3 is 19.3 Å². The molecule has 1 saturated heterocycles. The van der Waals surface area contributed by atoms with Crippen molar-refractivity contribution in [2.24, 2.45) is 0 Å². The topological polar surface area (TPSA) is 59.3 Å².